The molecule has 0 spiro atoms. The molecular weight excluding hydrogens is 403 g/mol. The van der Waals surface area contributed by atoms with E-state index >= 15 is 0 Å². The number of halogens is 4. The van der Waals surface area contributed by atoms with Crippen LogP contribution in [0.2, 0.25) is 5.02 Å². The Kier molecular flexibility index (Phi) is 4.77. The predicted octanol–water partition coefficient (Wildman–Crippen LogP) is 4.32. The number of rotatable bonds is 2. The fourth-order valence-corrected chi connectivity index (χ4v) is 3.80. The fraction of sp³-hybridized carbons (Fsp3) is 0.235. The van der Waals surface area contributed by atoms with Crippen LogP contribution in [0, 0.1) is 13.8 Å². The van der Waals surface area contributed by atoms with Crippen molar-refractivity contribution in [3.05, 3.63) is 61.5 Å². The third-order valence-corrected chi connectivity index (χ3v) is 5.56. The van der Waals surface area contributed by atoms with Gasteiger partial charge in [-0.3, -0.25) is 14.0 Å². The first-order valence-electron chi connectivity index (χ1n) is 7.65. The lowest BCUT2D eigenvalue weighted by atomic mass is 10.1. The summed E-state index contributed by atoms with van der Waals surface area (Å²) in [7, 11) is 1.33. The normalized spacial score (nSPS) is 11.8. The number of carbonyl (C=O) groups excluding carboxylic acids is 1. The number of aromatic nitrogens is 2. The highest BCUT2D eigenvalue weighted by molar-refractivity contribution is 7.17. The molecule has 0 saturated heterocycles. The highest BCUT2D eigenvalue weighted by Crippen LogP contribution is 2.35. The molecule has 10 heteroatoms. The van der Waals surface area contributed by atoms with Crippen molar-refractivity contribution in [2.45, 2.75) is 20.0 Å². The molecule has 2 aromatic heterocycles. The number of nitrogens with zero attached hydrogens (tertiary/aromatic N) is 3. The van der Waals surface area contributed by atoms with E-state index in [1.165, 1.54) is 29.0 Å². The van der Waals surface area contributed by atoms with Crippen LogP contribution in [-0.2, 0) is 6.18 Å². The van der Waals surface area contributed by atoms with E-state index in [9.17, 15) is 22.8 Å². The molecule has 0 bridgehead atoms. The molecule has 3 aromatic rings. The zero-order chi connectivity index (χ0) is 20.1. The molecule has 0 saturated carbocycles. The molecule has 142 valence electrons. The topological polar surface area (TPSA) is 54.7 Å². The van der Waals surface area contributed by atoms with E-state index in [4.69, 9.17) is 11.6 Å². The van der Waals surface area contributed by atoms with Crippen molar-refractivity contribution in [3.63, 3.8) is 0 Å². The van der Waals surface area contributed by atoms with Gasteiger partial charge >= 0.3 is 6.18 Å². The molecule has 0 unspecified atom stereocenters. The maximum absolute atomic E-state index is 12.8. The van der Waals surface area contributed by atoms with E-state index in [1.807, 2.05) is 6.92 Å². The number of fused-ring (bicyclic) bond motifs is 1. The van der Waals surface area contributed by atoms with Gasteiger partial charge in [-0.05, 0) is 32.0 Å². The summed E-state index contributed by atoms with van der Waals surface area (Å²) in [6.07, 6.45) is -3.38. The van der Waals surface area contributed by atoms with E-state index in [2.05, 4.69) is 4.98 Å². The fourth-order valence-electron chi connectivity index (χ4n) is 2.57. The molecule has 27 heavy (non-hydrogen) atoms. The van der Waals surface area contributed by atoms with Gasteiger partial charge in [-0.25, -0.2) is 4.98 Å². The van der Waals surface area contributed by atoms with Gasteiger partial charge in [-0.2, -0.15) is 13.2 Å². The van der Waals surface area contributed by atoms with E-state index in [-0.39, 0.29) is 16.3 Å². The van der Waals surface area contributed by atoms with E-state index in [0.717, 1.165) is 28.0 Å². The number of anilines is 1. The number of hydrogen-bond acceptors (Lipinski definition) is 4. The molecule has 3 rings (SSSR count). The predicted molar refractivity (Wildman–Crippen MR) is 98.0 cm³/mol. The zero-order valence-corrected chi connectivity index (χ0v) is 16.0. The van der Waals surface area contributed by atoms with Crippen LogP contribution in [0.4, 0.5) is 18.9 Å². The molecule has 0 aliphatic carbocycles. The molecule has 0 N–H and O–H groups in total. The molecule has 0 atom stereocenters. The smallest absolute Gasteiger partial charge is 0.310 e. The third-order valence-electron chi connectivity index (χ3n) is 4.19. The molecule has 2 heterocycles. The number of hydrogen-bond donors (Lipinski definition) is 0. The quantitative estimate of drug-likeness (QED) is 0.626. The molecule has 1 amide bonds. The average Bonchev–Trinajstić information content (AvgIpc) is 2.88. The molecule has 0 aliphatic rings. The van der Waals surface area contributed by atoms with Crippen molar-refractivity contribution < 1.29 is 18.0 Å². The number of amides is 1. The van der Waals surface area contributed by atoms with Gasteiger partial charge in [0, 0.05) is 23.8 Å². The Hall–Kier alpha value is -2.39. The Bertz CT molecular complexity index is 1120. The Morgan fingerprint density at radius 2 is 1.96 bits per heavy atom. The van der Waals surface area contributed by atoms with Crippen molar-refractivity contribution in [1.82, 2.24) is 9.38 Å². The standard InChI is InChI=1S/C17H13ClF3N3O2S/c1-8-9(2)27-16-22-7-11(15(26)24(8)16)14(25)23(3)13-5-4-10(6-12(13)18)17(19,20)21/h4-7H,1-3H3. The molecule has 0 radical (unpaired) electrons. The first-order valence-corrected chi connectivity index (χ1v) is 8.84. The molecule has 1 aromatic carbocycles. The molecule has 0 fully saturated rings. The second kappa shape index (κ2) is 6.65. The highest BCUT2D eigenvalue weighted by Gasteiger charge is 2.31. The molecular formula is C17H13ClF3N3O2S. The van der Waals surface area contributed by atoms with Gasteiger partial charge < -0.3 is 4.90 Å². The second-order valence-electron chi connectivity index (χ2n) is 5.87. The van der Waals surface area contributed by atoms with Gasteiger partial charge in [0.05, 0.1) is 16.3 Å². The van der Waals surface area contributed by atoms with Gasteiger partial charge in [-0.1, -0.05) is 11.6 Å². The van der Waals surface area contributed by atoms with Crippen molar-refractivity contribution in [2.75, 3.05) is 11.9 Å². The van der Waals surface area contributed by atoms with Crippen molar-refractivity contribution in [2.24, 2.45) is 0 Å². The average molecular weight is 416 g/mol. The molecule has 0 aliphatic heterocycles. The van der Waals surface area contributed by atoms with Crippen molar-refractivity contribution in [3.8, 4) is 0 Å². The van der Waals surface area contributed by atoms with Crippen LogP contribution in [0.1, 0.15) is 26.5 Å². The first kappa shape index (κ1) is 19.4. The lowest BCUT2D eigenvalue weighted by Gasteiger charge is -2.19. The van der Waals surface area contributed by atoms with Gasteiger partial charge in [-0.15, -0.1) is 11.3 Å². The van der Waals surface area contributed by atoms with Crippen LogP contribution in [0.15, 0.2) is 29.2 Å². The van der Waals surface area contributed by atoms with Gasteiger partial charge in [0.15, 0.2) is 4.96 Å². The third kappa shape index (κ3) is 3.32. The number of aryl methyl sites for hydroxylation is 2. The van der Waals surface area contributed by atoms with E-state index in [0.29, 0.717) is 10.7 Å². The second-order valence-corrected chi connectivity index (χ2v) is 7.46. The lowest BCUT2D eigenvalue weighted by molar-refractivity contribution is -0.137. The van der Waals surface area contributed by atoms with Crippen molar-refractivity contribution in [1.29, 1.82) is 0 Å². The van der Waals surface area contributed by atoms with Crippen LogP contribution >= 0.6 is 22.9 Å². The van der Waals surface area contributed by atoms with Crippen LogP contribution in [0.3, 0.4) is 0 Å². The van der Waals surface area contributed by atoms with Gasteiger partial charge in [0.2, 0.25) is 0 Å². The maximum atomic E-state index is 12.8. The summed E-state index contributed by atoms with van der Waals surface area (Å²) in [5, 5.41) is -0.252. The maximum Gasteiger partial charge on any atom is 0.416 e. The highest BCUT2D eigenvalue weighted by atomic mass is 35.5. The monoisotopic (exact) mass is 415 g/mol. The minimum absolute atomic E-state index is 0.0531. The summed E-state index contributed by atoms with van der Waals surface area (Å²) < 4.78 is 39.7. The summed E-state index contributed by atoms with van der Waals surface area (Å²) in [5.74, 6) is -0.716. The largest absolute Gasteiger partial charge is 0.416 e. The number of alkyl halides is 3. The number of thiazole rings is 1. The van der Waals surface area contributed by atoms with Crippen LogP contribution in [0.5, 0.6) is 0 Å². The van der Waals surface area contributed by atoms with Gasteiger partial charge in [0.25, 0.3) is 11.5 Å². The van der Waals surface area contributed by atoms with Crippen LogP contribution in [-0.4, -0.2) is 22.3 Å². The Morgan fingerprint density at radius 1 is 1.30 bits per heavy atom. The van der Waals surface area contributed by atoms with Crippen LogP contribution < -0.4 is 10.5 Å². The van der Waals surface area contributed by atoms with E-state index in [1.54, 1.807) is 6.92 Å². The first-order chi connectivity index (χ1) is 12.5. The summed E-state index contributed by atoms with van der Waals surface area (Å²) in [5.41, 5.74) is -0.937. The Balaban J connectivity index is 2.04. The van der Waals surface area contributed by atoms with Crippen LogP contribution in [0.25, 0.3) is 4.96 Å². The summed E-state index contributed by atoms with van der Waals surface area (Å²) in [6.45, 7) is 3.58. The SMILES string of the molecule is Cc1sc2ncc(C(=O)N(C)c3ccc(C(F)(F)F)cc3Cl)c(=O)n2c1C. The summed E-state index contributed by atoms with van der Waals surface area (Å²) >= 11 is 7.26. The summed E-state index contributed by atoms with van der Waals surface area (Å²) in [4.78, 5) is 32.0. The lowest BCUT2D eigenvalue weighted by Crippen LogP contribution is -2.33. The van der Waals surface area contributed by atoms with Gasteiger partial charge in [0.1, 0.15) is 5.56 Å². The zero-order valence-electron chi connectivity index (χ0n) is 14.4. The number of carbonyl (C=O) groups is 1. The Morgan fingerprint density at radius 3 is 2.56 bits per heavy atom. The Labute approximate surface area is 160 Å². The minimum atomic E-state index is -4.55. The minimum Gasteiger partial charge on any atom is -0.310 e. The van der Waals surface area contributed by atoms with E-state index < -0.39 is 23.2 Å². The molecule has 5 nitrogen and oxygen atoms in total. The number of benzene rings is 1. The summed E-state index contributed by atoms with van der Waals surface area (Å²) in [6, 6.07) is 2.65. The van der Waals surface area contributed by atoms with Crippen molar-refractivity contribution >= 4 is 39.5 Å².